The zero-order valence-electron chi connectivity index (χ0n) is 21.9. The van der Waals surface area contributed by atoms with Gasteiger partial charge < -0.3 is 14.5 Å². The smallest absolute Gasteiger partial charge is 0.312 e. The number of benzene rings is 1. The fourth-order valence-electron chi connectivity index (χ4n) is 4.61. The number of aromatic nitrogens is 1. The average molecular weight is 575 g/mol. The quantitative estimate of drug-likeness (QED) is 0.232. The van der Waals surface area contributed by atoms with Crippen molar-refractivity contribution in [1.82, 2.24) is 14.8 Å². The van der Waals surface area contributed by atoms with E-state index in [4.69, 9.17) is 4.74 Å². The van der Waals surface area contributed by atoms with Crippen LogP contribution in [0.4, 0.5) is 0 Å². The lowest BCUT2D eigenvalue weighted by atomic mass is 9.90. The summed E-state index contributed by atoms with van der Waals surface area (Å²) < 4.78 is 6.31. The number of carbonyl (C=O) groups is 2. The molecule has 8 heteroatoms. The van der Waals surface area contributed by atoms with Gasteiger partial charge in [0.25, 0.3) is 0 Å². The van der Waals surface area contributed by atoms with Crippen LogP contribution in [-0.2, 0) is 16.0 Å². The Morgan fingerprint density at radius 3 is 2.69 bits per heavy atom. The Labute approximate surface area is 227 Å². The molecule has 2 heterocycles. The first-order chi connectivity index (χ1) is 17.2. The molecule has 2 amide bonds. The largest absolute Gasteiger partial charge is 0.496 e. The molecule has 0 aliphatic carbocycles. The fraction of sp³-hybridized carbons (Fsp3) is 0.536. The SMILES string of the molecule is CCC1c2cc(Br)c(OC)cc2CCN1C(=O)C(=O)N(CCCCCC#Cc1cscn1)C(C)(C)C. The standard InChI is InChI=1S/C28H36BrN3O3S/c1-6-24-22-17-23(29)25(35-5)16-20(22)13-15-31(24)26(33)27(34)32(28(2,3)4)14-11-9-7-8-10-12-21-18-36-19-30-21/h16-19,24H,6-9,11,13-15H2,1-5H3. The Morgan fingerprint density at radius 2 is 2.06 bits per heavy atom. The molecule has 194 valence electrons. The summed E-state index contributed by atoms with van der Waals surface area (Å²) in [6.45, 7) is 9.10. The van der Waals surface area contributed by atoms with E-state index in [9.17, 15) is 9.59 Å². The van der Waals surface area contributed by atoms with Crippen molar-refractivity contribution >= 4 is 39.1 Å². The minimum absolute atomic E-state index is 0.134. The van der Waals surface area contributed by atoms with Crippen LogP contribution in [0, 0.1) is 11.8 Å². The van der Waals surface area contributed by atoms with Crippen LogP contribution >= 0.6 is 27.3 Å². The number of thiazole rings is 1. The fourth-order valence-corrected chi connectivity index (χ4v) is 5.62. The third kappa shape index (κ3) is 6.89. The van der Waals surface area contributed by atoms with Crippen LogP contribution in [-0.4, -0.2) is 52.3 Å². The molecule has 6 nitrogen and oxygen atoms in total. The summed E-state index contributed by atoms with van der Waals surface area (Å²) in [5.41, 5.74) is 4.41. The molecule has 0 N–H and O–H groups in total. The number of hydrogen-bond donors (Lipinski definition) is 0. The Hall–Kier alpha value is -2.37. The Kier molecular flexibility index (Phi) is 9.98. The second kappa shape index (κ2) is 12.7. The van der Waals surface area contributed by atoms with Gasteiger partial charge in [-0.15, -0.1) is 11.3 Å². The van der Waals surface area contributed by atoms with Crippen LogP contribution < -0.4 is 4.74 Å². The number of amides is 2. The summed E-state index contributed by atoms with van der Waals surface area (Å²) in [5.74, 6) is 6.19. The highest BCUT2D eigenvalue weighted by Gasteiger charge is 2.38. The van der Waals surface area contributed by atoms with E-state index in [0.29, 0.717) is 19.5 Å². The topological polar surface area (TPSA) is 62.7 Å². The van der Waals surface area contributed by atoms with Crippen LogP contribution in [0.15, 0.2) is 27.5 Å². The van der Waals surface area contributed by atoms with Crippen molar-refractivity contribution in [3.63, 3.8) is 0 Å². The summed E-state index contributed by atoms with van der Waals surface area (Å²) in [6.07, 6.45) is 4.97. The number of rotatable bonds is 7. The van der Waals surface area contributed by atoms with Gasteiger partial charge in [-0.3, -0.25) is 9.59 Å². The zero-order valence-corrected chi connectivity index (χ0v) is 24.3. The Balaban J connectivity index is 1.63. The highest BCUT2D eigenvalue weighted by atomic mass is 79.9. The molecule has 1 aliphatic heterocycles. The molecular formula is C28H36BrN3O3S. The maximum atomic E-state index is 13.5. The predicted octanol–water partition coefficient (Wildman–Crippen LogP) is 5.99. The number of fused-ring (bicyclic) bond motifs is 1. The summed E-state index contributed by atoms with van der Waals surface area (Å²) in [6, 6.07) is 3.94. The minimum Gasteiger partial charge on any atom is -0.496 e. The Morgan fingerprint density at radius 1 is 1.28 bits per heavy atom. The molecule has 1 aromatic carbocycles. The molecular weight excluding hydrogens is 538 g/mol. The van der Waals surface area contributed by atoms with Crippen LogP contribution in [0.1, 0.15) is 82.7 Å². The van der Waals surface area contributed by atoms with Crippen molar-refractivity contribution in [3.8, 4) is 17.6 Å². The molecule has 0 radical (unpaired) electrons. The lowest BCUT2D eigenvalue weighted by molar-refractivity contribution is -0.156. The van der Waals surface area contributed by atoms with Crippen molar-refractivity contribution in [2.45, 2.75) is 77.8 Å². The number of methoxy groups -OCH3 is 1. The number of hydrogen-bond acceptors (Lipinski definition) is 5. The molecule has 0 fully saturated rings. The number of nitrogens with zero attached hydrogens (tertiary/aromatic N) is 3. The van der Waals surface area contributed by atoms with Gasteiger partial charge in [-0.2, -0.15) is 0 Å². The highest BCUT2D eigenvalue weighted by molar-refractivity contribution is 9.10. The first-order valence-electron chi connectivity index (χ1n) is 12.5. The van der Waals surface area contributed by atoms with Gasteiger partial charge >= 0.3 is 11.8 Å². The molecule has 0 saturated carbocycles. The zero-order chi connectivity index (χ0) is 26.3. The van der Waals surface area contributed by atoms with E-state index in [2.05, 4.69) is 39.7 Å². The number of ether oxygens (including phenoxy) is 1. The maximum absolute atomic E-state index is 13.5. The maximum Gasteiger partial charge on any atom is 0.312 e. The molecule has 1 aromatic heterocycles. The molecule has 0 bridgehead atoms. The van der Waals surface area contributed by atoms with E-state index in [1.807, 2.05) is 38.3 Å². The first kappa shape index (κ1) is 28.2. The van der Waals surface area contributed by atoms with Crippen LogP contribution in [0.5, 0.6) is 5.75 Å². The monoisotopic (exact) mass is 573 g/mol. The van der Waals surface area contributed by atoms with Gasteiger partial charge in [0.15, 0.2) is 0 Å². The van der Waals surface area contributed by atoms with Gasteiger partial charge in [-0.25, -0.2) is 4.98 Å². The number of unbranched alkanes of at least 4 members (excludes halogenated alkanes) is 3. The predicted molar refractivity (Wildman–Crippen MR) is 148 cm³/mol. The Bertz CT molecular complexity index is 1120. The minimum atomic E-state index is -0.442. The summed E-state index contributed by atoms with van der Waals surface area (Å²) in [4.78, 5) is 34.7. The molecule has 0 spiro atoms. The molecule has 3 rings (SSSR count). The first-order valence-corrected chi connectivity index (χ1v) is 14.3. The van der Waals surface area contributed by atoms with Crippen molar-refractivity contribution in [3.05, 3.63) is 44.3 Å². The van der Waals surface area contributed by atoms with Gasteiger partial charge in [0.1, 0.15) is 11.4 Å². The average Bonchev–Trinajstić information content (AvgIpc) is 3.36. The van der Waals surface area contributed by atoms with Gasteiger partial charge in [-0.05, 0) is 91.6 Å². The summed E-state index contributed by atoms with van der Waals surface area (Å²) in [7, 11) is 1.65. The molecule has 1 atom stereocenters. The van der Waals surface area contributed by atoms with E-state index in [-0.39, 0.29) is 6.04 Å². The second-order valence-corrected chi connectivity index (χ2v) is 11.5. The summed E-state index contributed by atoms with van der Waals surface area (Å²) >= 11 is 5.12. The van der Waals surface area contributed by atoms with Crippen molar-refractivity contribution < 1.29 is 14.3 Å². The van der Waals surface area contributed by atoms with E-state index in [0.717, 1.165) is 53.6 Å². The van der Waals surface area contributed by atoms with E-state index in [1.54, 1.807) is 33.8 Å². The number of carbonyl (C=O) groups excluding carboxylic acids is 2. The van der Waals surface area contributed by atoms with Gasteiger partial charge in [-0.1, -0.05) is 19.3 Å². The van der Waals surface area contributed by atoms with E-state index >= 15 is 0 Å². The lowest BCUT2D eigenvalue weighted by Crippen LogP contribution is -2.54. The van der Waals surface area contributed by atoms with Gasteiger partial charge in [0, 0.05) is 30.4 Å². The third-order valence-electron chi connectivity index (χ3n) is 6.49. The molecule has 36 heavy (non-hydrogen) atoms. The second-order valence-electron chi connectivity index (χ2n) is 9.97. The van der Waals surface area contributed by atoms with Crippen LogP contribution in [0.25, 0.3) is 0 Å². The van der Waals surface area contributed by atoms with E-state index < -0.39 is 17.4 Å². The van der Waals surface area contributed by atoms with Crippen LogP contribution in [0.2, 0.25) is 0 Å². The van der Waals surface area contributed by atoms with Gasteiger partial charge in [0.05, 0.1) is 23.1 Å². The molecule has 1 aliphatic rings. The normalized spacial score (nSPS) is 15.1. The van der Waals surface area contributed by atoms with Crippen molar-refractivity contribution in [2.75, 3.05) is 20.2 Å². The molecule has 2 aromatic rings. The third-order valence-corrected chi connectivity index (χ3v) is 7.69. The highest BCUT2D eigenvalue weighted by Crippen LogP contribution is 2.38. The van der Waals surface area contributed by atoms with Crippen molar-refractivity contribution in [1.29, 1.82) is 0 Å². The lowest BCUT2D eigenvalue weighted by Gasteiger charge is -2.40. The van der Waals surface area contributed by atoms with Crippen molar-refractivity contribution in [2.24, 2.45) is 0 Å². The number of halogens is 1. The molecule has 0 saturated heterocycles. The van der Waals surface area contributed by atoms with E-state index in [1.165, 1.54) is 5.56 Å². The van der Waals surface area contributed by atoms with Crippen LogP contribution in [0.3, 0.4) is 0 Å². The van der Waals surface area contributed by atoms with Gasteiger partial charge in [0.2, 0.25) is 0 Å². The molecule has 1 unspecified atom stereocenters. The summed E-state index contributed by atoms with van der Waals surface area (Å²) in [5, 5.41) is 1.94.